The van der Waals surface area contributed by atoms with Crippen molar-refractivity contribution in [3.8, 4) is 0 Å². The van der Waals surface area contributed by atoms with Crippen molar-refractivity contribution in [2.24, 2.45) is 0 Å². The Kier molecular flexibility index (Phi) is 6.32. The fourth-order valence-corrected chi connectivity index (χ4v) is 1.84. The molecule has 1 aromatic heterocycles. The molecule has 7 nitrogen and oxygen atoms in total. The minimum atomic E-state index is -0.945. The predicted octanol–water partition coefficient (Wildman–Crippen LogP) is 1.13. The van der Waals surface area contributed by atoms with Crippen LogP contribution in [-0.2, 0) is 33.6 Å². The molecule has 114 valence electrons. The van der Waals surface area contributed by atoms with Crippen molar-refractivity contribution >= 4 is 17.9 Å². The molecule has 1 heterocycles. The maximum absolute atomic E-state index is 10.6. The number of aromatic nitrogens is 1. The summed E-state index contributed by atoms with van der Waals surface area (Å²) >= 11 is 0. The van der Waals surface area contributed by atoms with Crippen molar-refractivity contribution < 1.29 is 29.7 Å². The SMILES string of the molecule is O=C(O)CCc1cc(CCC(=O)O)nc(CCC(=O)O)c1. The average molecular weight is 295 g/mol. The van der Waals surface area contributed by atoms with Gasteiger partial charge >= 0.3 is 17.9 Å². The third-order valence-electron chi connectivity index (χ3n) is 2.81. The maximum Gasteiger partial charge on any atom is 0.303 e. The Morgan fingerprint density at radius 1 is 0.762 bits per heavy atom. The van der Waals surface area contributed by atoms with Gasteiger partial charge in [-0.1, -0.05) is 0 Å². The number of hydrogen-bond donors (Lipinski definition) is 3. The van der Waals surface area contributed by atoms with E-state index in [-0.39, 0.29) is 32.1 Å². The zero-order valence-electron chi connectivity index (χ0n) is 11.4. The molecule has 1 aromatic rings. The summed E-state index contributed by atoms with van der Waals surface area (Å²) in [7, 11) is 0. The number of rotatable bonds is 9. The van der Waals surface area contributed by atoms with Crippen LogP contribution in [0.3, 0.4) is 0 Å². The van der Waals surface area contributed by atoms with Crippen LogP contribution in [0, 0.1) is 0 Å². The van der Waals surface area contributed by atoms with Crippen LogP contribution in [0.4, 0.5) is 0 Å². The van der Waals surface area contributed by atoms with Crippen LogP contribution >= 0.6 is 0 Å². The summed E-state index contributed by atoms with van der Waals surface area (Å²) in [5.74, 6) is -2.81. The molecular formula is C14H17NO6. The van der Waals surface area contributed by atoms with Gasteiger partial charge in [-0.25, -0.2) is 0 Å². The van der Waals surface area contributed by atoms with Gasteiger partial charge in [-0.2, -0.15) is 0 Å². The third kappa shape index (κ3) is 7.05. The lowest BCUT2D eigenvalue weighted by molar-refractivity contribution is -0.137. The van der Waals surface area contributed by atoms with Crippen molar-refractivity contribution in [1.82, 2.24) is 4.98 Å². The number of aliphatic carboxylic acids is 3. The quantitative estimate of drug-likeness (QED) is 0.623. The third-order valence-corrected chi connectivity index (χ3v) is 2.81. The average Bonchev–Trinajstić information content (AvgIpc) is 2.40. The molecule has 3 N–H and O–H groups in total. The maximum atomic E-state index is 10.6. The lowest BCUT2D eigenvalue weighted by atomic mass is 10.0. The van der Waals surface area contributed by atoms with Crippen molar-refractivity contribution in [3.05, 3.63) is 29.1 Å². The highest BCUT2D eigenvalue weighted by molar-refractivity contribution is 5.68. The van der Waals surface area contributed by atoms with Gasteiger partial charge in [0.1, 0.15) is 0 Å². The van der Waals surface area contributed by atoms with Crippen LogP contribution in [0.2, 0.25) is 0 Å². The summed E-state index contributed by atoms with van der Waals surface area (Å²) in [6.45, 7) is 0. The fraction of sp³-hybridized carbons (Fsp3) is 0.429. The molecule has 0 aliphatic rings. The van der Waals surface area contributed by atoms with Gasteiger partial charge < -0.3 is 15.3 Å². The molecule has 0 fully saturated rings. The Balaban J connectivity index is 2.86. The second-order valence-electron chi connectivity index (χ2n) is 4.64. The highest BCUT2D eigenvalue weighted by Crippen LogP contribution is 2.12. The van der Waals surface area contributed by atoms with Crippen LogP contribution in [0.15, 0.2) is 12.1 Å². The van der Waals surface area contributed by atoms with Crippen molar-refractivity contribution in [2.75, 3.05) is 0 Å². The highest BCUT2D eigenvalue weighted by atomic mass is 16.4. The van der Waals surface area contributed by atoms with E-state index in [1.54, 1.807) is 12.1 Å². The highest BCUT2D eigenvalue weighted by Gasteiger charge is 2.08. The van der Waals surface area contributed by atoms with Crippen LogP contribution in [0.25, 0.3) is 0 Å². The molecule has 0 radical (unpaired) electrons. The van der Waals surface area contributed by atoms with Gasteiger partial charge in [0.05, 0.1) is 12.8 Å². The first kappa shape index (κ1) is 16.6. The zero-order valence-corrected chi connectivity index (χ0v) is 11.4. The topological polar surface area (TPSA) is 125 Å². The zero-order chi connectivity index (χ0) is 15.8. The van der Waals surface area contributed by atoms with Gasteiger partial charge in [-0.3, -0.25) is 19.4 Å². The van der Waals surface area contributed by atoms with E-state index in [2.05, 4.69) is 4.98 Å². The molecule has 0 spiro atoms. The minimum absolute atomic E-state index is 0.0409. The molecular weight excluding hydrogens is 278 g/mol. The molecule has 0 bridgehead atoms. The summed E-state index contributed by atoms with van der Waals surface area (Å²) < 4.78 is 0. The van der Waals surface area contributed by atoms with Gasteiger partial charge in [-0.15, -0.1) is 0 Å². The van der Waals surface area contributed by atoms with Gasteiger partial charge in [0.15, 0.2) is 0 Å². The molecule has 0 aliphatic heterocycles. The van der Waals surface area contributed by atoms with E-state index in [0.717, 1.165) is 5.56 Å². The van der Waals surface area contributed by atoms with Gasteiger partial charge in [-0.05, 0) is 24.1 Å². The summed E-state index contributed by atoms with van der Waals surface area (Å²) in [6, 6.07) is 3.35. The van der Waals surface area contributed by atoms with E-state index in [0.29, 0.717) is 17.8 Å². The Bertz CT molecular complexity index is 452. The lowest BCUT2D eigenvalue weighted by Gasteiger charge is -2.07. The van der Waals surface area contributed by atoms with Gasteiger partial charge in [0.25, 0.3) is 0 Å². The molecule has 0 aromatic carbocycles. The molecule has 1 rings (SSSR count). The summed E-state index contributed by atoms with van der Waals surface area (Å²) in [5, 5.41) is 26.1. The summed E-state index contributed by atoms with van der Waals surface area (Å²) in [4.78, 5) is 36.0. The number of carbonyl (C=O) groups is 3. The van der Waals surface area contributed by atoms with Crippen LogP contribution in [0.1, 0.15) is 36.2 Å². The number of carboxylic acids is 3. The molecule has 0 aliphatic carbocycles. The van der Waals surface area contributed by atoms with Crippen LogP contribution < -0.4 is 0 Å². The predicted molar refractivity (Wildman–Crippen MR) is 72.1 cm³/mol. The Morgan fingerprint density at radius 2 is 1.14 bits per heavy atom. The van der Waals surface area contributed by atoms with E-state index < -0.39 is 17.9 Å². The molecule has 0 saturated carbocycles. The first-order valence-electron chi connectivity index (χ1n) is 6.51. The standard InChI is InChI=1S/C14H17NO6/c16-12(17)4-1-9-7-10(2-5-13(18)19)15-11(8-9)3-6-14(20)21/h7-8H,1-6H2,(H,16,17)(H,18,19)(H,20,21). The Labute approximate surface area is 121 Å². The summed E-state index contributed by atoms with van der Waals surface area (Å²) in [6.07, 6.45) is 0.576. The monoisotopic (exact) mass is 295 g/mol. The second kappa shape index (κ2) is 7.98. The lowest BCUT2D eigenvalue weighted by Crippen LogP contribution is -2.06. The van der Waals surface area contributed by atoms with E-state index >= 15 is 0 Å². The van der Waals surface area contributed by atoms with E-state index in [9.17, 15) is 14.4 Å². The van der Waals surface area contributed by atoms with E-state index in [1.165, 1.54) is 0 Å². The molecule has 0 unspecified atom stereocenters. The number of pyridine rings is 1. The smallest absolute Gasteiger partial charge is 0.303 e. The molecule has 21 heavy (non-hydrogen) atoms. The van der Waals surface area contributed by atoms with Crippen LogP contribution in [-0.4, -0.2) is 38.2 Å². The largest absolute Gasteiger partial charge is 0.481 e. The normalized spacial score (nSPS) is 10.3. The fourth-order valence-electron chi connectivity index (χ4n) is 1.84. The number of hydrogen-bond acceptors (Lipinski definition) is 4. The summed E-state index contributed by atoms with van der Waals surface area (Å²) in [5.41, 5.74) is 1.81. The number of nitrogens with zero attached hydrogens (tertiary/aromatic N) is 1. The van der Waals surface area contributed by atoms with Crippen molar-refractivity contribution in [1.29, 1.82) is 0 Å². The number of aryl methyl sites for hydroxylation is 3. The first-order valence-corrected chi connectivity index (χ1v) is 6.51. The molecule has 0 saturated heterocycles. The Morgan fingerprint density at radius 3 is 1.52 bits per heavy atom. The molecule has 0 amide bonds. The van der Waals surface area contributed by atoms with Gasteiger partial charge in [0.2, 0.25) is 0 Å². The number of carboxylic acid groups (broad SMARTS) is 3. The van der Waals surface area contributed by atoms with Crippen molar-refractivity contribution in [2.45, 2.75) is 38.5 Å². The van der Waals surface area contributed by atoms with E-state index in [4.69, 9.17) is 15.3 Å². The van der Waals surface area contributed by atoms with Gasteiger partial charge in [0, 0.05) is 30.7 Å². The van der Waals surface area contributed by atoms with Crippen LogP contribution in [0.5, 0.6) is 0 Å². The second-order valence-corrected chi connectivity index (χ2v) is 4.64. The van der Waals surface area contributed by atoms with E-state index in [1.807, 2.05) is 0 Å². The first-order chi connectivity index (χ1) is 9.86. The molecule has 0 atom stereocenters. The Hall–Kier alpha value is -2.44. The minimum Gasteiger partial charge on any atom is -0.481 e. The molecule has 7 heteroatoms. The van der Waals surface area contributed by atoms with Crippen molar-refractivity contribution in [3.63, 3.8) is 0 Å².